The van der Waals surface area contributed by atoms with Crippen LogP contribution in [0.3, 0.4) is 0 Å². The van der Waals surface area contributed by atoms with Crippen LogP contribution in [0.4, 0.5) is 0 Å². The van der Waals surface area contributed by atoms with Gasteiger partial charge < -0.3 is 5.73 Å². The SMILES string of the molecule is NC(c1ccc(-c2ccccc2)cc1)c1nnnn1-c1ccccc1. The van der Waals surface area contributed by atoms with E-state index in [0.29, 0.717) is 5.82 Å². The van der Waals surface area contributed by atoms with Crippen molar-refractivity contribution in [2.45, 2.75) is 6.04 Å². The molecule has 4 rings (SSSR count). The van der Waals surface area contributed by atoms with E-state index in [9.17, 15) is 0 Å². The van der Waals surface area contributed by atoms with Crippen LogP contribution in [0.2, 0.25) is 0 Å². The first kappa shape index (κ1) is 15.2. The van der Waals surface area contributed by atoms with Gasteiger partial charge in [-0.25, -0.2) is 0 Å². The molecule has 0 bridgehead atoms. The van der Waals surface area contributed by atoms with Gasteiger partial charge in [0.05, 0.1) is 11.7 Å². The van der Waals surface area contributed by atoms with Crippen molar-refractivity contribution in [1.29, 1.82) is 0 Å². The van der Waals surface area contributed by atoms with Gasteiger partial charge in [-0.05, 0) is 39.2 Å². The lowest BCUT2D eigenvalue weighted by Crippen LogP contribution is -2.17. The number of aromatic nitrogens is 4. The van der Waals surface area contributed by atoms with Crippen LogP contribution in [-0.4, -0.2) is 20.2 Å². The summed E-state index contributed by atoms with van der Waals surface area (Å²) >= 11 is 0. The Kier molecular flexibility index (Phi) is 4.06. The first-order valence-corrected chi connectivity index (χ1v) is 8.07. The maximum Gasteiger partial charge on any atom is 0.177 e. The molecule has 5 nitrogen and oxygen atoms in total. The molecule has 0 fully saturated rings. The molecule has 1 unspecified atom stereocenters. The van der Waals surface area contributed by atoms with Gasteiger partial charge in [0.1, 0.15) is 0 Å². The van der Waals surface area contributed by atoms with E-state index in [1.165, 1.54) is 5.56 Å². The van der Waals surface area contributed by atoms with Crippen molar-refractivity contribution in [1.82, 2.24) is 20.2 Å². The van der Waals surface area contributed by atoms with Crippen LogP contribution < -0.4 is 5.73 Å². The van der Waals surface area contributed by atoms with Crippen LogP contribution in [0.1, 0.15) is 17.4 Å². The molecule has 1 atom stereocenters. The number of nitrogens with two attached hydrogens (primary N) is 1. The van der Waals surface area contributed by atoms with Gasteiger partial charge in [0.25, 0.3) is 0 Å². The second kappa shape index (κ2) is 6.67. The summed E-state index contributed by atoms with van der Waals surface area (Å²) in [6.07, 6.45) is 0. The average molecular weight is 327 g/mol. The minimum absolute atomic E-state index is 0.403. The third-order valence-electron chi connectivity index (χ3n) is 4.15. The number of tetrazole rings is 1. The van der Waals surface area contributed by atoms with Crippen LogP contribution in [-0.2, 0) is 0 Å². The highest BCUT2D eigenvalue weighted by Crippen LogP contribution is 2.24. The largest absolute Gasteiger partial charge is 0.318 e. The molecule has 0 radical (unpaired) electrons. The third-order valence-corrected chi connectivity index (χ3v) is 4.15. The standard InChI is InChI=1S/C20H17N5/c21-19(20-22-23-24-25(20)18-9-5-2-6-10-18)17-13-11-16(12-14-17)15-7-3-1-4-8-15/h1-14,19H,21H2. The van der Waals surface area contributed by atoms with Crippen LogP contribution in [0, 0.1) is 0 Å². The normalized spacial score (nSPS) is 12.0. The highest BCUT2D eigenvalue weighted by molar-refractivity contribution is 5.63. The molecule has 0 aliphatic carbocycles. The van der Waals surface area contributed by atoms with E-state index in [-0.39, 0.29) is 0 Å². The third kappa shape index (κ3) is 3.05. The summed E-state index contributed by atoms with van der Waals surface area (Å²) in [6, 6.07) is 27.8. The Morgan fingerprint density at radius 3 is 2.00 bits per heavy atom. The van der Waals surface area contributed by atoms with E-state index >= 15 is 0 Å². The zero-order valence-corrected chi connectivity index (χ0v) is 13.5. The summed E-state index contributed by atoms with van der Waals surface area (Å²) in [5.41, 5.74) is 10.6. The fraction of sp³-hybridized carbons (Fsp3) is 0.0500. The van der Waals surface area contributed by atoms with Crippen LogP contribution in [0.25, 0.3) is 16.8 Å². The molecule has 0 aliphatic heterocycles. The molecule has 1 aromatic heterocycles. The summed E-state index contributed by atoms with van der Waals surface area (Å²) < 4.78 is 1.68. The Labute approximate surface area is 145 Å². The second-order valence-electron chi connectivity index (χ2n) is 5.75. The predicted octanol–water partition coefficient (Wildman–Crippen LogP) is 3.38. The second-order valence-corrected chi connectivity index (χ2v) is 5.75. The van der Waals surface area contributed by atoms with E-state index in [0.717, 1.165) is 16.8 Å². The summed E-state index contributed by atoms with van der Waals surface area (Å²) in [5.74, 6) is 0.610. The Hall–Kier alpha value is -3.31. The molecule has 3 aromatic carbocycles. The zero-order chi connectivity index (χ0) is 17.1. The first-order valence-electron chi connectivity index (χ1n) is 8.07. The molecule has 0 amide bonds. The van der Waals surface area contributed by atoms with Gasteiger partial charge in [-0.2, -0.15) is 4.68 Å². The molecular formula is C20H17N5. The Morgan fingerprint density at radius 1 is 0.720 bits per heavy atom. The van der Waals surface area contributed by atoms with Crippen molar-refractivity contribution in [2.75, 3.05) is 0 Å². The van der Waals surface area contributed by atoms with Crippen molar-refractivity contribution in [3.8, 4) is 16.8 Å². The highest BCUT2D eigenvalue weighted by atomic mass is 15.5. The van der Waals surface area contributed by atoms with Crippen molar-refractivity contribution in [2.24, 2.45) is 5.73 Å². The van der Waals surface area contributed by atoms with Gasteiger partial charge in [0.15, 0.2) is 5.82 Å². The number of nitrogens with zero attached hydrogens (tertiary/aromatic N) is 4. The predicted molar refractivity (Wildman–Crippen MR) is 97.1 cm³/mol. The Morgan fingerprint density at radius 2 is 1.32 bits per heavy atom. The summed E-state index contributed by atoms with van der Waals surface area (Å²) in [4.78, 5) is 0. The lowest BCUT2D eigenvalue weighted by atomic mass is 10.0. The number of hydrogen-bond acceptors (Lipinski definition) is 4. The van der Waals surface area contributed by atoms with E-state index < -0.39 is 6.04 Å². The quantitative estimate of drug-likeness (QED) is 0.624. The van der Waals surface area contributed by atoms with Gasteiger partial charge in [0, 0.05) is 0 Å². The van der Waals surface area contributed by atoms with Gasteiger partial charge in [-0.3, -0.25) is 0 Å². The van der Waals surface area contributed by atoms with Crippen molar-refractivity contribution >= 4 is 0 Å². The number of rotatable bonds is 4. The monoisotopic (exact) mass is 327 g/mol. The molecule has 0 aliphatic rings. The smallest absolute Gasteiger partial charge is 0.177 e. The lowest BCUT2D eigenvalue weighted by molar-refractivity contribution is 0.715. The van der Waals surface area contributed by atoms with E-state index in [1.54, 1.807) is 4.68 Å². The molecule has 1 heterocycles. The Balaban J connectivity index is 1.64. The minimum Gasteiger partial charge on any atom is -0.318 e. The summed E-state index contributed by atoms with van der Waals surface area (Å²) in [7, 11) is 0. The van der Waals surface area contributed by atoms with Crippen LogP contribution >= 0.6 is 0 Å². The molecule has 25 heavy (non-hydrogen) atoms. The zero-order valence-electron chi connectivity index (χ0n) is 13.5. The fourth-order valence-electron chi connectivity index (χ4n) is 2.80. The van der Waals surface area contributed by atoms with Gasteiger partial charge >= 0.3 is 0 Å². The van der Waals surface area contributed by atoms with Crippen LogP contribution in [0.15, 0.2) is 84.9 Å². The average Bonchev–Trinajstić information content (AvgIpc) is 3.19. The molecule has 2 N–H and O–H groups in total. The number of hydrogen-bond donors (Lipinski definition) is 1. The van der Waals surface area contributed by atoms with Crippen molar-refractivity contribution in [3.05, 3.63) is 96.3 Å². The molecule has 5 heteroatoms. The van der Waals surface area contributed by atoms with Crippen molar-refractivity contribution < 1.29 is 0 Å². The van der Waals surface area contributed by atoms with E-state index in [1.807, 2.05) is 60.7 Å². The molecule has 122 valence electrons. The topological polar surface area (TPSA) is 69.6 Å². The molecule has 0 saturated heterocycles. The van der Waals surface area contributed by atoms with E-state index in [4.69, 9.17) is 5.73 Å². The Bertz CT molecular complexity index is 946. The maximum absolute atomic E-state index is 6.42. The number of para-hydroxylation sites is 1. The lowest BCUT2D eigenvalue weighted by Gasteiger charge is -2.13. The highest BCUT2D eigenvalue weighted by Gasteiger charge is 2.18. The van der Waals surface area contributed by atoms with Crippen LogP contribution in [0.5, 0.6) is 0 Å². The first-order chi connectivity index (χ1) is 12.3. The van der Waals surface area contributed by atoms with Crippen molar-refractivity contribution in [3.63, 3.8) is 0 Å². The minimum atomic E-state index is -0.403. The molecule has 4 aromatic rings. The fourth-order valence-corrected chi connectivity index (χ4v) is 2.80. The summed E-state index contributed by atoms with van der Waals surface area (Å²) in [5, 5.41) is 12.0. The summed E-state index contributed by atoms with van der Waals surface area (Å²) in [6.45, 7) is 0. The van der Waals surface area contributed by atoms with Gasteiger partial charge in [0.2, 0.25) is 0 Å². The maximum atomic E-state index is 6.42. The van der Waals surface area contributed by atoms with Gasteiger partial charge in [-0.1, -0.05) is 72.8 Å². The molecule has 0 saturated carbocycles. The molecule has 0 spiro atoms. The van der Waals surface area contributed by atoms with E-state index in [2.05, 4.69) is 39.8 Å². The molecular weight excluding hydrogens is 310 g/mol. The van der Waals surface area contributed by atoms with Gasteiger partial charge in [-0.15, -0.1) is 5.10 Å². The number of benzene rings is 3.